The van der Waals surface area contributed by atoms with Crippen LogP contribution in [-0.4, -0.2) is 72.1 Å². The number of halogens is 2. The number of sulfone groups is 1. The van der Waals surface area contributed by atoms with E-state index in [1.54, 1.807) is 37.1 Å². The van der Waals surface area contributed by atoms with Gasteiger partial charge < -0.3 is 0 Å². The summed E-state index contributed by atoms with van der Waals surface area (Å²) in [5.74, 6) is -2.09. The van der Waals surface area contributed by atoms with Crippen LogP contribution in [0.15, 0.2) is 65.7 Å². The van der Waals surface area contributed by atoms with Gasteiger partial charge in [0.15, 0.2) is 0 Å². The fraction of sp³-hybridized carbons (Fsp3) is 0.303. The molecule has 0 spiro atoms. The standard InChI is InChI=1S/C33H34AsF2N4O6S/c1-18(2)47(43,44)29-10-8-21(39-33(42)46-4)15-24(29)27-6-5-13-40(27)32(41)30(23-16-28(45-3)26(36)17-25(23)35)34-20-7-9-22-19(14-20)11-12-38-31(22)37/h7-12,14-18,27,30H,5-6,13H2,1-4H3,(H2,37,38)(H,39,42). The van der Waals surface area contributed by atoms with Gasteiger partial charge in [0, 0.05) is 0 Å². The van der Waals surface area contributed by atoms with Gasteiger partial charge in [-0.3, -0.25) is 0 Å². The van der Waals surface area contributed by atoms with Gasteiger partial charge in [0.2, 0.25) is 0 Å². The third kappa shape index (κ3) is 6.91. The summed E-state index contributed by atoms with van der Waals surface area (Å²) in [5, 5.41) is 3.33. The molecule has 10 nitrogen and oxygen atoms in total. The predicted molar refractivity (Wildman–Crippen MR) is 176 cm³/mol. The van der Waals surface area contributed by atoms with E-state index in [4.69, 9.17) is 15.2 Å². The number of anilines is 2. The molecule has 4 aromatic rings. The summed E-state index contributed by atoms with van der Waals surface area (Å²) in [6, 6.07) is 12.9. The Labute approximate surface area is 278 Å². The minimum atomic E-state index is -3.82. The van der Waals surface area contributed by atoms with Crippen LogP contribution in [0.5, 0.6) is 5.75 Å². The maximum absolute atomic E-state index is 15.6. The molecule has 3 aromatic carbocycles. The Kier molecular flexibility index (Phi) is 10.1. The van der Waals surface area contributed by atoms with Gasteiger partial charge in [0.1, 0.15) is 0 Å². The van der Waals surface area contributed by atoms with Crippen molar-refractivity contribution in [1.82, 2.24) is 9.88 Å². The van der Waals surface area contributed by atoms with Gasteiger partial charge in [-0.2, -0.15) is 0 Å². The number of pyridine rings is 1. The summed E-state index contributed by atoms with van der Waals surface area (Å²) in [6.45, 7) is 3.40. The molecule has 2 unspecified atom stereocenters. The van der Waals surface area contributed by atoms with Gasteiger partial charge in [-0.15, -0.1) is 0 Å². The fourth-order valence-corrected chi connectivity index (χ4v) is 9.62. The number of likely N-dealkylation sites (tertiary alicyclic amines) is 1. The molecular formula is C33H34AsF2N4O6S. The summed E-state index contributed by atoms with van der Waals surface area (Å²) in [7, 11) is -1.35. The fourth-order valence-electron chi connectivity index (χ4n) is 5.67. The molecule has 2 atom stereocenters. The first kappa shape index (κ1) is 34.1. The summed E-state index contributed by atoms with van der Waals surface area (Å²) in [4.78, 5) is 32.4. The third-order valence-corrected chi connectivity index (χ3v) is 13.1. The third-order valence-electron chi connectivity index (χ3n) is 8.12. The Balaban J connectivity index is 1.62. The number of methoxy groups -OCH3 is 2. The van der Waals surface area contributed by atoms with E-state index in [0.717, 1.165) is 15.1 Å². The number of aromatic nitrogens is 1. The Morgan fingerprint density at radius 3 is 2.53 bits per heavy atom. The van der Waals surface area contributed by atoms with Crippen molar-refractivity contribution in [2.24, 2.45) is 0 Å². The van der Waals surface area contributed by atoms with Crippen molar-refractivity contribution >= 4 is 64.2 Å². The zero-order chi connectivity index (χ0) is 34.0. The average molecular weight is 728 g/mol. The predicted octanol–water partition coefficient (Wildman–Crippen LogP) is 4.90. The van der Waals surface area contributed by atoms with E-state index in [1.165, 1.54) is 38.5 Å². The van der Waals surface area contributed by atoms with Gasteiger partial charge >= 0.3 is 279 Å². The van der Waals surface area contributed by atoms with Gasteiger partial charge in [-0.05, 0) is 0 Å². The molecule has 247 valence electrons. The molecule has 1 fully saturated rings. The zero-order valence-corrected chi connectivity index (χ0v) is 28.9. The SMILES string of the molecule is COC(=O)Nc1ccc(S(=O)(=O)C(C)C)c(C2CCCN2C(=O)C([As]c2ccc3c(N)nccc3c2)c2cc(OC)c(F)cc2F)c1. The molecule has 3 N–H and O–H groups in total. The Bertz CT molecular complexity index is 1960. The summed E-state index contributed by atoms with van der Waals surface area (Å²) in [6.07, 6.45) is 1.81. The van der Waals surface area contributed by atoms with E-state index in [9.17, 15) is 22.4 Å². The topological polar surface area (TPSA) is 141 Å². The van der Waals surface area contributed by atoms with Crippen molar-refractivity contribution in [2.75, 3.05) is 31.8 Å². The molecule has 2 amide bonds. The van der Waals surface area contributed by atoms with E-state index >= 15 is 4.39 Å². The normalized spacial score (nSPS) is 15.8. The number of nitrogens with two attached hydrogens (primary N) is 1. The van der Waals surface area contributed by atoms with Crippen molar-refractivity contribution in [3.8, 4) is 5.75 Å². The number of carbonyl (C=O) groups excluding carboxylic acids is 2. The number of benzene rings is 3. The van der Waals surface area contributed by atoms with Crippen LogP contribution in [0.3, 0.4) is 0 Å². The molecule has 0 saturated carbocycles. The van der Waals surface area contributed by atoms with E-state index in [-0.39, 0.29) is 28.4 Å². The molecule has 5 rings (SSSR count). The van der Waals surface area contributed by atoms with Crippen molar-refractivity contribution in [1.29, 1.82) is 0 Å². The van der Waals surface area contributed by atoms with Crippen molar-refractivity contribution in [2.45, 2.75) is 47.6 Å². The average Bonchev–Trinajstić information content (AvgIpc) is 3.53. The Hall–Kier alpha value is -4.22. The molecule has 0 bridgehead atoms. The molecule has 1 radical (unpaired) electrons. The van der Waals surface area contributed by atoms with Crippen LogP contribution in [0.25, 0.3) is 10.8 Å². The van der Waals surface area contributed by atoms with Gasteiger partial charge in [-0.1, -0.05) is 0 Å². The van der Waals surface area contributed by atoms with Crippen molar-refractivity contribution in [3.05, 3.63) is 83.6 Å². The molecule has 1 aliphatic rings. The molecular weight excluding hydrogens is 693 g/mol. The van der Waals surface area contributed by atoms with Crippen molar-refractivity contribution in [3.63, 3.8) is 0 Å². The molecule has 47 heavy (non-hydrogen) atoms. The first-order chi connectivity index (χ1) is 22.3. The van der Waals surface area contributed by atoms with Gasteiger partial charge in [0.05, 0.1) is 0 Å². The summed E-state index contributed by atoms with van der Waals surface area (Å²) in [5.41, 5.74) is 6.63. The quantitative estimate of drug-likeness (QED) is 0.232. The number of hydrogen-bond acceptors (Lipinski definition) is 8. The Morgan fingerprint density at radius 2 is 1.83 bits per heavy atom. The monoisotopic (exact) mass is 727 g/mol. The molecule has 1 saturated heterocycles. The number of nitrogens with one attached hydrogen (secondary N) is 1. The second-order valence-corrected chi connectivity index (χ2v) is 16.5. The number of fused-ring (bicyclic) bond motifs is 1. The van der Waals surface area contributed by atoms with Crippen LogP contribution in [-0.2, 0) is 19.4 Å². The maximum atomic E-state index is 15.6. The van der Waals surface area contributed by atoms with Crippen LogP contribution >= 0.6 is 0 Å². The second-order valence-electron chi connectivity index (χ2n) is 11.3. The molecule has 1 aliphatic heterocycles. The Morgan fingerprint density at radius 1 is 1.06 bits per heavy atom. The van der Waals surface area contributed by atoms with Gasteiger partial charge in [0.25, 0.3) is 0 Å². The van der Waals surface area contributed by atoms with Crippen LogP contribution in [0.4, 0.5) is 25.1 Å². The number of nitrogens with zero attached hydrogens (tertiary/aromatic N) is 2. The minimum absolute atomic E-state index is 0.0237. The van der Waals surface area contributed by atoms with E-state index < -0.39 is 65.2 Å². The van der Waals surface area contributed by atoms with E-state index in [1.807, 2.05) is 12.1 Å². The summed E-state index contributed by atoms with van der Waals surface area (Å²) >= 11 is -1.12. The molecule has 0 aliphatic carbocycles. The summed E-state index contributed by atoms with van der Waals surface area (Å²) < 4.78 is 66.8. The van der Waals surface area contributed by atoms with Crippen LogP contribution in [0.2, 0.25) is 0 Å². The number of rotatable bonds is 9. The van der Waals surface area contributed by atoms with Crippen LogP contribution in [0.1, 0.15) is 48.6 Å². The number of nitrogen functional groups attached to an aromatic ring is 1. The van der Waals surface area contributed by atoms with Crippen molar-refractivity contribution < 1.29 is 36.3 Å². The van der Waals surface area contributed by atoms with Gasteiger partial charge in [-0.25, -0.2) is 0 Å². The van der Waals surface area contributed by atoms with E-state index in [0.29, 0.717) is 30.3 Å². The van der Waals surface area contributed by atoms with E-state index in [2.05, 4.69) is 10.3 Å². The number of hydrogen-bond donors (Lipinski definition) is 2. The molecule has 2 heterocycles. The zero-order valence-electron chi connectivity index (χ0n) is 26.2. The number of amides is 2. The molecule has 14 heteroatoms. The first-order valence-electron chi connectivity index (χ1n) is 14.8. The number of ether oxygens (including phenoxy) is 2. The second kappa shape index (κ2) is 13.9. The molecule has 1 aromatic heterocycles. The van der Waals surface area contributed by atoms with Crippen LogP contribution in [0, 0.1) is 11.6 Å². The van der Waals surface area contributed by atoms with Crippen LogP contribution < -0.4 is 20.1 Å². The number of carbonyl (C=O) groups is 2. The first-order valence-corrected chi connectivity index (χ1v) is 18.3.